The molecule has 1 aromatic carbocycles. The third-order valence-corrected chi connectivity index (χ3v) is 5.29. The molecule has 0 unspecified atom stereocenters. The Hall–Kier alpha value is -1.88. The molecule has 1 aliphatic carbocycles. The molecule has 0 radical (unpaired) electrons. The van der Waals surface area contributed by atoms with Gasteiger partial charge in [0, 0.05) is 24.2 Å². The van der Waals surface area contributed by atoms with E-state index in [1.165, 1.54) is 23.3 Å². The maximum atomic E-state index is 4.68. The molecule has 0 bridgehead atoms. The molecule has 2 aromatic rings. The first-order valence-electron chi connectivity index (χ1n) is 8.66. The highest BCUT2D eigenvalue weighted by molar-refractivity contribution is 7.11. The van der Waals surface area contributed by atoms with Crippen LogP contribution in [0.15, 0.2) is 41.5 Å². The minimum absolute atomic E-state index is 0.398. The lowest BCUT2D eigenvalue weighted by molar-refractivity contribution is 0.492. The summed E-state index contributed by atoms with van der Waals surface area (Å²) in [6, 6.07) is 10.8. The van der Waals surface area contributed by atoms with E-state index in [1.807, 2.05) is 6.20 Å². The molecule has 0 amide bonds. The third-order valence-electron chi connectivity index (χ3n) is 4.40. The Kier molecular flexibility index (Phi) is 5.51. The lowest BCUT2D eigenvalue weighted by atomic mass is 9.96. The molecule has 1 saturated carbocycles. The number of aromatic nitrogens is 1. The summed E-state index contributed by atoms with van der Waals surface area (Å²) in [6.45, 7) is 6.66. The first-order valence-corrected chi connectivity index (χ1v) is 9.48. The van der Waals surface area contributed by atoms with Crippen LogP contribution in [0.1, 0.15) is 35.2 Å². The second kappa shape index (κ2) is 7.79. The predicted octanol–water partition coefficient (Wildman–Crippen LogP) is 3.53. The molecule has 128 valence electrons. The van der Waals surface area contributed by atoms with Gasteiger partial charge < -0.3 is 10.6 Å². The van der Waals surface area contributed by atoms with Crippen molar-refractivity contribution >= 4 is 17.3 Å². The van der Waals surface area contributed by atoms with E-state index in [9.17, 15) is 0 Å². The minimum atomic E-state index is 0.398. The first kappa shape index (κ1) is 17.0. The van der Waals surface area contributed by atoms with Crippen molar-refractivity contribution in [3.05, 3.63) is 52.0 Å². The highest BCUT2D eigenvalue weighted by Crippen LogP contribution is 2.47. The van der Waals surface area contributed by atoms with Gasteiger partial charge >= 0.3 is 0 Å². The van der Waals surface area contributed by atoms with Crippen LogP contribution in [0.5, 0.6) is 0 Å². The van der Waals surface area contributed by atoms with Crippen LogP contribution >= 0.6 is 11.3 Å². The van der Waals surface area contributed by atoms with Crippen molar-refractivity contribution in [1.82, 2.24) is 15.6 Å². The Morgan fingerprint density at radius 2 is 2.04 bits per heavy atom. The van der Waals surface area contributed by atoms with Gasteiger partial charge in [-0.3, -0.25) is 0 Å². The Bertz CT molecular complexity index is 674. The molecule has 0 aliphatic heterocycles. The largest absolute Gasteiger partial charge is 0.357 e. The normalized spacial score (nSPS) is 16.0. The zero-order valence-electron chi connectivity index (χ0n) is 14.5. The second-order valence-corrected chi connectivity index (χ2v) is 7.90. The predicted molar refractivity (Wildman–Crippen MR) is 101 cm³/mol. The van der Waals surface area contributed by atoms with E-state index in [0.717, 1.165) is 30.5 Å². The summed E-state index contributed by atoms with van der Waals surface area (Å²) in [5.41, 5.74) is 1.83. The fourth-order valence-corrected chi connectivity index (χ4v) is 3.57. The molecule has 2 N–H and O–H groups in total. The lowest BCUT2D eigenvalue weighted by Crippen LogP contribution is -2.40. The number of aliphatic imine (C=N–C) groups is 1. The van der Waals surface area contributed by atoms with E-state index in [-0.39, 0.29) is 0 Å². The van der Waals surface area contributed by atoms with Crippen molar-refractivity contribution in [2.24, 2.45) is 10.4 Å². The van der Waals surface area contributed by atoms with Crippen LogP contribution in [0.3, 0.4) is 0 Å². The number of hydrogen-bond acceptors (Lipinski definition) is 3. The number of nitrogens with zero attached hydrogens (tertiary/aromatic N) is 2. The van der Waals surface area contributed by atoms with Crippen LogP contribution in [0, 0.1) is 12.3 Å². The van der Waals surface area contributed by atoms with Crippen molar-refractivity contribution in [1.29, 1.82) is 0 Å². The number of guanidine groups is 1. The molecule has 1 heterocycles. The summed E-state index contributed by atoms with van der Waals surface area (Å²) < 4.78 is 0. The standard InChI is InChI=1S/C19H26N4S/c1-3-20-18(22-13-17-21-12-15(2)24-17)23-14-19(9-10-19)11-16-7-5-4-6-8-16/h4-8,12H,3,9-11,13-14H2,1-2H3,(H2,20,22,23). The Labute approximate surface area is 148 Å². The quantitative estimate of drug-likeness (QED) is 0.598. The average molecular weight is 343 g/mol. The number of nitrogens with one attached hydrogen (secondary N) is 2. The number of benzene rings is 1. The van der Waals surface area contributed by atoms with Gasteiger partial charge in [-0.1, -0.05) is 30.3 Å². The number of hydrogen-bond donors (Lipinski definition) is 2. The summed E-state index contributed by atoms with van der Waals surface area (Å²) in [7, 11) is 0. The van der Waals surface area contributed by atoms with Crippen LogP contribution in [0.4, 0.5) is 0 Å². The van der Waals surface area contributed by atoms with Crippen molar-refractivity contribution < 1.29 is 0 Å². The average Bonchev–Trinajstić information content (AvgIpc) is 3.22. The van der Waals surface area contributed by atoms with Gasteiger partial charge in [0.25, 0.3) is 0 Å². The maximum absolute atomic E-state index is 4.68. The SMILES string of the molecule is CCNC(=NCc1ncc(C)s1)NCC1(Cc2ccccc2)CC1. The smallest absolute Gasteiger partial charge is 0.191 e. The Morgan fingerprint density at radius 3 is 2.67 bits per heavy atom. The maximum Gasteiger partial charge on any atom is 0.191 e. The molecule has 1 aliphatic rings. The van der Waals surface area contributed by atoms with Gasteiger partial charge in [-0.25, -0.2) is 9.98 Å². The summed E-state index contributed by atoms with van der Waals surface area (Å²) >= 11 is 1.71. The van der Waals surface area contributed by atoms with Crippen molar-refractivity contribution in [2.45, 2.75) is 39.7 Å². The fourth-order valence-electron chi connectivity index (χ4n) is 2.86. The third kappa shape index (κ3) is 4.81. The van der Waals surface area contributed by atoms with E-state index in [4.69, 9.17) is 0 Å². The van der Waals surface area contributed by atoms with Crippen LogP contribution < -0.4 is 10.6 Å². The van der Waals surface area contributed by atoms with E-state index >= 15 is 0 Å². The molecule has 3 rings (SSSR count). The van der Waals surface area contributed by atoms with Crippen LogP contribution in [-0.2, 0) is 13.0 Å². The van der Waals surface area contributed by atoms with Crippen molar-refractivity contribution in [2.75, 3.05) is 13.1 Å². The van der Waals surface area contributed by atoms with Crippen molar-refractivity contribution in [3.8, 4) is 0 Å². The Morgan fingerprint density at radius 1 is 1.25 bits per heavy atom. The summed E-state index contributed by atoms with van der Waals surface area (Å²) in [4.78, 5) is 10.3. The zero-order chi connectivity index (χ0) is 16.8. The van der Waals surface area contributed by atoms with E-state index in [1.54, 1.807) is 11.3 Å². The molecule has 4 nitrogen and oxygen atoms in total. The monoisotopic (exact) mass is 342 g/mol. The zero-order valence-corrected chi connectivity index (χ0v) is 15.3. The first-order chi connectivity index (χ1) is 11.7. The van der Waals surface area contributed by atoms with Gasteiger partial charge in [0.1, 0.15) is 5.01 Å². The second-order valence-electron chi connectivity index (χ2n) is 6.58. The molecule has 24 heavy (non-hydrogen) atoms. The Balaban J connectivity index is 1.55. The van der Waals surface area contributed by atoms with E-state index < -0.39 is 0 Å². The number of rotatable bonds is 7. The molecule has 0 spiro atoms. The molecule has 1 fully saturated rings. The van der Waals surface area contributed by atoms with Gasteiger partial charge in [-0.05, 0) is 44.1 Å². The summed E-state index contributed by atoms with van der Waals surface area (Å²) in [5.74, 6) is 0.893. The highest BCUT2D eigenvalue weighted by atomic mass is 32.1. The molecule has 0 atom stereocenters. The summed E-state index contributed by atoms with van der Waals surface area (Å²) in [6.07, 6.45) is 5.64. The number of thiazole rings is 1. The number of aryl methyl sites for hydroxylation is 1. The minimum Gasteiger partial charge on any atom is -0.357 e. The molecule has 0 saturated heterocycles. The lowest BCUT2D eigenvalue weighted by Gasteiger charge is -2.18. The topological polar surface area (TPSA) is 49.3 Å². The highest BCUT2D eigenvalue weighted by Gasteiger charge is 2.42. The van der Waals surface area contributed by atoms with Crippen LogP contribution in [-0.4, -0.2) is 24.0 Å². The molecular weight excluding hydrogens is 316 g/mol. The van der Waals surface area contributed by atoms with Gasteiger partial charge in [-0.2, -0.15) is 0 Å². The molecule has 1 aromatic heterocycles. The van der Waals surface area contributed by atoms with Gasteiger partial charge in [0.05, 0.1) is 6.54 Å². The van der Waals surface area contributed by atoms with Gasteiger partial charge in [0.15, 0.2) is 5.96 Å². The summed E-state index contributed by atoms with van der Waals surface area (Å²) in [5, 5.41) is 7.94. The van der Waals surface area contributed by atoms with Crippen LogP contribution in [0.25, 0.3) is 0 Å². The van der Waals surface area contributed by atoms with E-state index in [0.29, 0.717) is 12.0 Å². The van der Waals surface area contributed by atoms with E-state index in [2.05, 4.69) is 64.8 Å². The van der Waals surface area contributed by atoms with Gasteiger partial charge in [0.2, 0.25) is 0 Å². The molecule has 5 heteroatoms. The van der Waals surface area contributed by atoms with Crippen LogP contribution in [0.2, 0.25) is 0 Å². The van der Waals surface area contributed by atoms with Crippen molar-refractivity contribution in [3.63, 3.8) is 0 Å². The fraction of sp³-hybridized carbons (Fsp3) is 0.474. The van der Waals surface area contributed by atoms with Gasteiger partial charge in [-0.15, -0.1) is 11.3 Å². The molecular formula is C19H26N4S.